The lowest BCUT2D eigenvalue weighted by Crippen LogP contribution is -2.38. The first-order valence-corrected chi connectivity index (χ1v) is 9.14. The summed E-state index contributed by atoms with van der Waals surface area (Å²) in [6, 6.07) is 16.0. The molecule has 2 rings (SSSR count). The molecule has 2 aromatic rings. The Bertz CT molecular complexity index is 740. The van der Waals surface area contributed by atoms with Crippen LogP contribution in [0.3, 0.4) is 0 Å². The molecule has 0 aliphatic heterocycles. The van der Waals surface area contributed by atoms with E-state index in [0.29, 0.717) is 12.3 Å². The van der Waals surface area contributed by atoms with E-state index in [4.69, 9.17) is 10.5 Å². The molecular formula is C21H28N4O2. The molecule has 0 spiro atoms. The first kappa shape index (κ1) is 20.3. The summed E-state index contributed by atoms with van der Waals surface area (Å²) in [6.45, 7) is 6.24. The number of guanidine groups is 1. The zero-order valence-corrected chi connectivity index (χ0v) is 16.0. The maximum atomic E-state index is 10.7. The molecule has 0 unspecified atom stereocenters. The third-order valence-electron chi connectivity index (χ3n) is 3.90. The van der Waals surface area contributed by atoms with E-state index >= 15 is 0 Å². The van der Waals surface area contributed by atoms with Gasteiger partial charge < -0.3 is 21.1 Å². The van der Waals surface area contributed by atoms with Gasteiger partial charge in [-0.15, -0.1) is 0 Å². The van der Waals surface area contributed by atoms with Crippen molar-refractivity contribution in [2.24, 2.45) is 10.7 Å². The minimum absolute atomic E-state index is 0.107. The van der Waals surface area contributed by atoms with Crippen LogP contribution in [0.5, 0.6) is 5.75 Å². The molecule has 0 bridgehead atoms. The number of aryl methyl sites for hydroxylation is 1. The minimum Gasteiger partial charge on any atom is -0.484 e. The zero-order chi connectivity index (χ0) is 19.5. The van der Waals surface area contributed by atoms with Crippen molar-refractivity contribution in [3.63, 3.8) is 0 Å². The lowest BCUT2D eigenvalue weighted by molar-refractivity contribution is -0.119. The number of nitrogens with one attached hydrogen (secondary N) is 2. The fourth-order valence-corrected chi connectivity index (χ4v) is 2.44. The van der Waals surface area contributed by atoms with E-state index in [0.717, 1.165) is 25.5 Å². The fraction of sp³-hybridized carbons (Fsp3) is 0.333. The second kappa shape index (κ2) is 10.9. The molecule has 6 nitrogen and oxygen atoms in total. The summed E-state index contributed by atoms with van der Waals surface area (Å²) in [7, 11) is 0. The monoisotopic (exact) mass is 368 g/mol. The summed E-state index contributed by atoms with van der Waals surface area (Å²) in [5.74, 6) is 0.960. The molecule has 0 aliphatic carbocycles. The van der Waals surface area contributed by atoms with Crippen molar-refractivity contribution >= 4 is 11.9 Å². The summed E-state index contributed by atoms with van der Waals surface area (Å²) in [4.78, 5) is 15.4. The summed E-state index contributed by atoms with van der Waals surface area (Å²) in [5, 5.41) is 6.61. The van der Waals surface area contributed by atoms with Gasteiger partial charge in [-0.2, -0.15) is 0 Å². The molecule has 1 amide bonds. The van der Waals surface area contributed by atoms with Gasteiger partial charge in [-0.25, -0.2) is 4.99 Å². The molecule has 0 radical (unpaired) electrons. The molecule has 0 heterocycles. The van der Waals surface area contributed by atoms with Crippen LogP contribution in [0.1, 0.15) is 23.6 Å². The number of carbonyl (C=O) groups is 1. The van der Waals surface area contributed by atoms with Gasteiger partial charge in [0.1, 0.15) is 5.75 Å². The Hall–Kier alpha value is -3.02. The Morgan fingerprint density at radius 2 is 1.70 bits per heavy atom. The van der Waals surface area contributed by atoms with E-state index in [-0.39, 0.29) is 6.61 Å². The minimum atomic E-state index is -0.482. The van der Waals surface area contributed by atoms with Crippen molar-refractivity contribution in [2.45, 2.75) is 26.8 Å². The average Bonchev–Trinajstić information content (AvgIpc) is 2.66. The van der Waals surface area contributed by atoms with Crippen molar-refractivity contribution in [3.8, 4) is 5.75 Å². The van der Waals surface area contributed by atoms with Gasteiger partial charge in [0.25, 0.3) is 5.91 Å². The van der Waals surface area contributed by atoms with Crippen LogP contribution < -0.4 is 21.1 Å². The number of benzene rings is 2. The molecule has 0 aliphatic rings. The van der Waals surface area contributed by atoms with Gasteiger partial charge in [-0.3, -0.25) is 4.79 Å². The van der Waals surface area contributed by atoms with Crippen LogP contribution in [0.15, 0.2) is 53.5 Å². The quantitative estimate of drug-likeness (QED) is 0.467. The second-order valence-electron chi connectivity index (χ2n) is 6.26. The summed E-state index contributed by atoms with van der Waals surface area (Å²) < 4.78 is 5.26. The summed E-state index contributed by atoms with van der Waals surface area (Å²) >= 11 is 0. The van der Waals surface area contributed by atoms with Crippen LogP contribution in [0, 0.1) is 6.92 Å². The Morgan fingerprint density at radius 3 is 2.33 bits per heavy atom. The number of nitrogens with two attached hydrogens (primary N) is 1. The van der Waals surface area contributed by atoms with Gasteiger partial charge in [-0.1, -0.05) is 42.0 Å². The molecule has 0 aromatic heterocycles. The van der Waals surface area contributed by atoms with Gasteiger partial charge in [0.05, 0.1) is 6.54 Å². The SMILES string of the molecule is CCNC(=NCc1ccc(C)cc1)NCCc1ccc(OCC(N)=O)cc1. The molecule has 4 N–H and O–H groups in total. The summed E-state index contributed by atoms with van der Waals surface area (Å²) in [6.07, 6.45) is 0.852. The number of aliphatic imine (C=N–C) groups is 1. The van der Waals surface area contributed by atoms with Gasteiger partial charge in [-0.05, 0) is 43.5 Å². The third-order valence-corrected chi connectivity index (χ3v) is 3.90. The van der Waals surface area contributed by atoms with Crippen molar-refractivity contribution in [2.75, 3.05) is 19.7 Å². The number of nitrogens with zero attached hydrogens (tertiary/aromatic N) is 1. The highest BCUT2D eigenvalue weighted by molar-refractivity contribution is 5.79. The van der Waals surface area contributed by atoms with Crippen molar-refractivity contribution in [1.29, 1.82) is 0 Å². The number of hydrogen-bond donors (Lipinski definition) is 3. The highest BCUT2D eigenvalue weighted by Crippen LogP contribution is 2.12. The lowest BCUT2D eigenvalue weighted by Gasteiger charge is -2.12. The zero-order valence-electron chi connectivity index (χ0n) is 16.0. The second-order valence-corrected chi connectivity index (χ2v) is 6.26. The smallest absolute Gasteiger partial charge is 0.255 e. The number of hydrogen-bond acceptors (Lipinski definition) is 3. The van der Waals surface area contributed by atoms with E-state index in [9.17, 15) is 4.79 Å². The standard InChI is InChI=1S/C21H28N4O2/c1-3-23-21(25-14-18-6-4-16(2)5-7-18)24-13-12-17-8-10-19(11-9-17)27-15-20(22)26/h4-11H,3,12-15H2,1-2H3,(H2,22,26)(H2,23,24,25). The van der Waals surface area contributed by atoms with Crippen LogP contribution in [0.4, 0.5) is 0 Å². The topological polar surface area (TPSA) is 88.7 Å². The van der Waals surface area contributed by atoms with Gasteiger partial charge in [0.15, 0.2) is 12.6 Å². The van der Waals surface area contributed by atoms with E-state index in [1.165, 1.54) is 16.7 Å². The van der Waals surface area contributed by atoms with Crippen molar-refractivity contribution < 1.29 is 9.53 Å². The molecule has 0 atom stereocenters. The van der Waals surface area contributed by atoms with Crippen LogP contribution >= 0.6 is 0 Å². The van der Waals surface area contributed by atoms with Crippen LogP contribution in [-0.2, 0) is 17.8 Å². The maximum absolute atomic E-state index is 10.7. The first-order chi connectivity index (χ1) is 13.1. The molecule has 0 saturated carbocycles. The Labute approximate surface area is 160 Å². The van der Waals surface area contributed by atoms with Crippen molar-refractivity contribution in [3.05, 3.63) is 65.2 Å². The van der Waals surface area contributed by atoms with Gasteiger partial charge in [0.2, 0.25) is 0 Å². The normalized spacial score (nSPS) is 11.1. The predicted octanol–water partition coefficient (Wildman–Crippen LogP) is 2.16. The Balaban J connectivity index is 1.81. The molecule has 144 valence electrons. The van der Waals surface area contributed by atoms with Crippen LogP contribution in [0.2, 0.25) is 0 Å². The van der Waals surface area contributed by atoms with E-state index < -0.39 is 5.91 Å². The van der Waals surface area contributed by atoms with E-state index in [2.05, 4.69) is 46.8 Å². The highest BCUT2D eigenvalue weighted by Gasteiger charge is 2.01. The Morgan fingerprint density at radius 1 is 1.04 bits per heavy atom. The predicted molar refractivity (Wildman–Crippen MR) is 109 cm³/mol. The molecule has 2 aromatic carbocycles. The van der Waals surface area contributed by atoms with Crippen LogP contribution in [-0.4, -0.2) is 31.6 Å². The van der Waals surface area contributed by atoms with E-state index in [1.54, 1.807) is 0 Å². The number of primary amides is 1. The molecule has 27 heavy (non-hydrogen) atoms. The van der Waals surface area contributed by atoms with Crippen molar-refractivity contribution in [1.82, 2.24) is 10.6 Å². The van der Waals surface area contributed by atoms with Gasteiger partial charge >= 0.3 is 0 Å². The van der Waals surface area contributed by atoms with Gasteiger partial charge in [0, 0.05) is 13.1 Å². The molecule has 0 saturated heterocycles. The molecular weight excluding hydrogens is 340 g/mol. The highest BCUT2D eigenvalue weighted by atomic mass is 16.5. The number of amides is 1. The Kier molecular flexibility index (Phi) is 8.16. The maximum Gasteiger partial charge on any atom is 0.255 e. The largest absolute Gasteiger partial charge is 0.484 e. The first-order valence-electron chi connectivity index (χ1n) is 9.14. The fourth-order valence-electron chi connectivity index (χ4n) is 2.44. The average molecular weight is 368 g/mol. The number of carbonyl (C=O) groups excluding carboxylic acids is 1. The molecule has 6 heteroatoms. The lowest BCUT2D eigenvalue weighted by atomic mass is 10.1. The third kappa shape index (κ3) is 7.81. The number of rotatable bonds is 9. The number of ether oxygens (including phenoxy) is 1. The summed E-state index contributed by atoms with van der Waals surface area (Å²) in [5.41, 5.74) is 8.67. The van der Waals surface area contributed by atoms with E-state index in [1.807, 2.05) is 31.2 Å². The molecule has 0 fully saturated rings. The van der Waals surface area contributed by atoms with Crippen LogP contribution in [0.25, 0.3) is 0 Å².